The van der Waals surface area contributed by atoms with Crippen molar-refractivity contribution >= 4 is 5.91 Å². The molecule has 1 aromatic rings. The van der Waals surface area contributed by atoms with Gasteiger partial charge < -0.3 is 15.5 Å². The Labute approximate surface area is 100 Å². The van der Waals surface area contributed by atoms with E-state index in [1.54, 1.807) is 12.1 Å². The molecule has 17 heavy (non-hydrogen) atoms. The summed E-state index contributed by atoms with van der Waals surface area (Å²) in [6.45, 7) is 1.79. The first kappa shape index (κ1) is 11.9. The van der Waals surface area contributed by atoms with Crippen molar-refractivity contribution in [2.24, 2.45) is 5.92 Å². The lowest BCUT2D eigenvalue weighted by Crippen LogP contribution is -2.50. The summed E-state index contributed by atoms with van der Waals surface area (Å²) in [6.07, 6.45) is 2.08. The summed E-state index contributed by atoms with van der Waals surface area (Å²) in [4.78, 5) is 12.0. The van der Waals surface area contributed by atoms with E-state index < -0.39 is 5.54 Å². The van der Waals surface area contributed by atoms with Crippen LogP contribution in [0.3, 0.4) is 0 Å². The van der Waals surface area contributed by atoms with Crippen LogP contribution in [0.1, 0.15) is 30.1 Å². The van der Waals surface area contributed by atoms with Gasteiger partial charge in [-0.1, -0.05) is 6.07 Å². The zero-order chi connectivity index (χ0) is 12.5. The first-order chi connectivity index (χ1) is 8.05. The number of amides is 1. The molecule has 0 saturated heterocycles. The fraction of sp³-hybridized carbons (Fsp3) is 0.462. The third kappa shape index (κ3) is 2.58. The Hall–Kier alpha value is -1.55. The lowest BCUT2D eigenvalue weighted by atomic mass is 9.96. The minimum atomic E-state index is -0.553. The van der Waals surface area contributed by atoms with Crippen LogP contribution in [0.5, 0.6) is 5.75 Å². The molecule has 1 aliphatic rings. The first-order valence-electron chi connectivity index (χ1n) is 5.77. The molecule has 1 aromatic carbocycles. The second-order valence-corrected chi connectivity index (χ2v) is 4.85. The predicted octanol–water partition coefficient (Wildman–Crippen LogP) is 1.28. The second kappa shape index (κ2) is 4.37. The topological polar surface area (TPSA) is 69.6 Å². The number of aliphatic hydroxyl groups excluding tert-OH is 1. The summed E-state index contributed by atoms with van der Waals surface area (Å²) in [5.74, 6) is 0.160. The minimum absolute atomic E-state index is 0.0646. The minimum Gasteiger partial charge on any atom is -0.508 e. The highest BCUT2D eigenvalue weighted by Gasteiger charge is 2.42. The highest BCUT2D eigenvalue weighted by Crippen LogP contribution is 2.39. The molecule has 0 aliphatic heterocycles. The van der Waals surface area contributed by atoms with E-state index in [4.69, 9.17) is 0 Å². The molecule has 1 unspecified atom stereocenters. The number of carbonyl (C=O) groups is 1. The Morgan fingerprint density at radius 3 is 2.76 bits per heavy atom. The average molecular weight is 235 g/mol. The van der Waals surface area contributed by atoms with Gasteiger partial charge in [-0.3, -0.25) is 4.79 Å². The molecule has 4 heteroatoms. The lowest BCUT2D eigenvalue weighted by Gasteiger charge is -2.28. The van der Waals surface area contributed by atoms with Crippen LogP contribution >= 0.6 is 0 Å². The van der Waals surface area contributed by atoms with Gasteiger partial charge in [0, 0.05) is 5.56 Å². The molecule has 2 rings (SSSR count). The molecule has 4 nitrogen and oxygen atoms in total. The second-order valence-electron chi connectivity index (χ2n) is 4.85. The molecule has 0 radical (unpaired) electrons. The van der Waals surface area contributed by atoms with Gasteiger partial charge in [-0.2, -0.15) is 0 Å². The highest BCUT2D eigenvalue weighted by atomic mass is 16.3. The van der Waals surface area contributed by atoms with Gasteiger partial charge in [0.1, 0.15) is 5.75 Å². The Morgan fingerprint density at radius 2 is 2.24 bits per heavy atom. The van der Waals surface area contributed by atoms with Crippen molar-refractivity contribution in [3.63, 3.8) is 0 Å². The van der Waals surface area contributed by atoms with Crippen molar-refractivity contribution in [3.05, 3.63) is 29.8 Å². The summed E-state index contributed by atoms with van der Waals surface area (Å²) in [6, 6.07) is 6.19. The van der Waals surface area contributed by atoms with Gasteiger partial charge >= 0.3 is 0 Å². The number of aliphatic hydroxyl groups is 1. The van der Waals surface area contributed by atoms with Gasteiger partial charge in [0.15, 0.2) is 0 Å². The fourth-order valence-electron chi connectivity index (χ4n) is 1.97. The maximum Gasteiger partial charge on any atom is 0.251 e. The van der Waals surface area contributed by atoms with Gasteiger partial charge in [0.05, 0.1) is 12.1 Å². The maximum absolute atomic E-state index is 12.0. The van der Waals surface area contributed by atoms with Gasteiger partial charge in [-0.25, -0.2) is 0 Å². The molecular weight excluding hydrogens is 218 g/mol. The van der Waals surface area contributed by atoms with E-state index in [1.165, 1.54) is 12.1 Å². The number of carbonyl (C=O) groups excluding carboxylic acids is 1. The molecule has 1 atom stereocenters. The number of benzene rings is 1. The summed E-state index contributed by atoms with van der Waals surface area (Å²) < 4.78 is 0. The average Bonchev–Trinajstić information content (AvgIpc) is 3.13. The van der Waals surface area contributed by atoms with Crippen LogP contribution in [0.2, 0.25) is 0 Å². The van der Waals surface area contributed by atoms with Crippen molar-refractivity contribution < 1.29 is 15.0 Å². The quantitative estimate of drug-likeness (QED) is 0.736. The Morgan fingerprint density at radius 1 is 1.53 bits per heavy atom. The zero-order valence-electron chi connectivity index (χ0n) is 9.81. The number of hydrogen-bond acceptors (Lipinski definition) is 3. The Balaban J connectivity index is 2.10. The number of phenolic OH excluding ortho intramolecular Hbond substituents is 1. The number of nitrogens with one attached hydrogen (secondary N) is 1. The first-order valence-corrected chi connectivity index (χ1v) is 5.77. The van der Waals surface area contributed by atoms with Gasteiger partial charge in [0.25, 0.3) is 5.91 Å². The van der Waals surface area contributed by atoms with Gasteiger partial charge in [0.2, 0.25) is 0 Å². The van der Waals surface area contributed by atoms with E-state index in [9.17, 15) is 15.0 Å². The molecule has 1 saturated carbocycles. The summed E-state index contributed by atoms with van der Waals surface area (Å²) in [5.41, 5.74) is -0.145. The number of aromatic hydroxyl groups is 1. The number of hydrogen-bond donors (Lipinski definition) is 3. The molecule has 92 valence electrons. The normalized spacial score (nSPS) is 18.5. The van der Waals surface area contributed by atoms with Crippen LogP contribution in [0.15, 0.2) is 24.3 Å². The molecule has 1 aliphatic carbocycles. The molecule has 0 spiro atoms. The number of rotatable bonds is 4. The zero-order valence-corrected chi connectivity index (χ0v) is 9.81. The molecular formula is C13H17NO3. The van der Waals surface area contributed by atoms with Crippen LogP contribution < -0.4 is 5.32 Å². The van der Waals surface area contributed by atoms with E-state index in [1.807, 2.05) is 6.92 Å². The third-order valence-corrected chi connectivity index (χ3v) is 3.31. The predicted molar refractivity (Wildman–Crippen MR) is 63.8 cm³/mol. The number of phenols is 1. The van der Waals surface area contributed by atoms with Crippen molar-refractivity contribution in [2.75, 3.05) is 6.61 Å². The van der Waals surface area contributed by atoms with Crippen LogP contribution in [-0.4, -0.2) is 28.3 Å². The van der Waals surface area contributed by atoms with Crippen LogP contribution in [0.25, 0.3) is 0 Å². The molecule has 0 aromatic heterocycles. The van der Waals surface area contributed by atoms with Crippen LogP contribution in [-0.2, 0) is 0 Å². The SMILES string of the molecule is CC(CO)(NC(=O)c1cccc(O)c1)C1CC1. The molecule has 0 bridgehead atoms. The van der Waals surface area contributed by atoms with Gasteiger partial charge in [-0.15, -0.1) is 0 Å². The van der Waals surface area contributed by atoms with E-state index in [2.05, 4.69) is 5.32 Å². The van der Waals surface area contributed by atoms with Crippen molar-refractivity contribution in [1.82, 2.24) is 5.32 Å². The van der Waals surface area contributed by atoms with Crippen molar-refractivity contribution in [1.29, 1.82) is 0 Å². The molecule has 0 heterocycles. The van der Waals surface area contributed by atoms with Crippen LogP contribution in [0.4, 0.5) is 0 Å². The fourth-order valence-corrected chi connectivity index (χ4v) is 1.97. The van der Waals surface area contributed by atoms with E-state index in [-0.39, 0.29) is 18.3 Å². The van der Waals surface area contributed by atoms with Gasteiger partial charge in [-0.05, 0) is 43.9 Å². The monoisotopic (exact) mass is 235 g/mol. The standard InChI is InChI=1S/C13H17NO3/c1-13(8-15,10-5-6-10)14-12(17)9-3-2-4-11(16)7-9/h2-4,7,10,15-16H,5-6,8H2,1H3,(H,14,17). The summed E-state index contributed by atoms with van der Waals surface area (Å²) in [5, 5.41) is 21.5. The van der Waals surface area contributed by atoms with Crippen molar-refractivity contribution in [3.8, 4) is 5.75 Å². The third-order valence-electron chi connectivity index (χ3n) is 3.31. The maximum atomic E-state index is 12.0. The largest absolute Gasteiger partial charge is 0.508 e. The van der Waals surface area contributed by atoms with Crippen LogP contribution in [0, 0.1) is 5.92 Å². The Bertz CT molecular complexity index is 428. The smallest absolute Gasteiger partial charge is 0.251 e. The molecule has 1 amide bonds. The molecule has 1 fully saturated rings. The van der Waals surface area contributed by atoms with Crippen molar-refractivity contribution in [2.45, 2.75) is 25.3 Å². The van der Waals surface area contributed by atoms with E-state index >= 15 is 0 Å². The highest BCUT2D eigenvalue weighted by molar-refractivity contribution is 5.95. The molecule has 3 N–H and O–H groups in total. The Kier molecular flexibility index (Phi) is 3.07. The summed E-state index contributed by atoms with van der Waals surface area (Å²) >= 11 is 0. The van der Waals surface area contributed by atoms with E-state index in [0.29, 0.717) is 11.5 Å². The summed E-state index contributed by atoms with van der Waals surface area (Å²) in [7, 11) is 0. The van der Waals surface area contributed by atoms with E-state index in [0.717, 1.165) is 12.8 Å². The lowest BCUT2D eigenvalue weighted by molar-refractivity contribution is 0.0824.